The van der Waals surface area contributed by atoms with Crippen LogP contribution >= 0.6 is 15.9 Å². The molecule has 0 saturated carbocycles. The maximum absolute atomic E-state index is 12.9. The Morgan fingerprint density at radius 3 is 2.42 bits per heavy atom. The number of halogens is 4. The van der Waals surface area contributed by atoms with Gasteiger partial charge in [-0.2, -0.15) is 13.2 Å². The highest BCUT2D eigenvalue weighted by molar-refractivity contribution is 9.10. The number of piperazine rings is 1. The monoisotopic (exact) mass is 424 g/mol. The number of nitrogens with one attached hydrogen (secondary N) is 1. The fourth-order valence-corrected chi connectivity index (χ4v) is 3.53. The lowest BCUT2D eigenvalue weighted by atomic mass is 10.1. The SMILES string of the molecule is FC(F)(F)c1cccc(N2CCN(c3nc4ccc(Br)cc4[nH]3)CC2)c1. The zero-order chi connectivity index (χ0) is 18.3. The maximum atomic E-state index is 12.9. The summed E-state index contributed by atoms with van der Waals surface area (Å²) in [6, 6.07) is 11.4. The molecule has 4 nitrogen and oxygen atoms in total. The van der Waals surface area contributed by atoms with Crippen molar-refractivity contribution in [1.29, 1.82) is 0 Å². The highest BCUT2D eigenvalue weighted by atomic mass is 79.9. The van der Waals surface area contributed by atoms with Gasteiger partial charge in [-0.3, -0.25) is 0 Å². The second-order valence-electron chi connectivity index (χ2n) is 6.24. The number of anilines is 2. The molecule has 0 radical (unpaired) electrons. The smallest absolute Gasteiger partial charge is 0.368 e. The van der Waals surface area contributed by atoms with Crippen molar-refractivity contribution in [2.75, 3.05) is 36.0 Å². The molecular weight excluding hydrogens is 409 g/mol. The van der Waals surface area contributed by atoms with Gasteiger partial charge in [0, 0.05) is 36.3 Å². The number of H-pyrrole nitrogens is 1. The molecular formula is C18H16BrF3N4. The molecule has 3 aromatic rings. The Labute approximate surface area is 156 Å². The summed E-state index contributed by atoms with van der Waals surface area (Å²) in [5.74, 6) is 0.793. The van der Waals surface area contributed by atoms with Crippen molar-refractivity contribution in [1.82, 2.24) is 9.97 Å². The first kappa shape index (κ1) is 17.2. The predicted molar refractivity (Wildman–Crippen MR) is 99.7 cm³/mol. The minimum Gasteiger partial charge on any atom is -0.368 e. The van der Waals surface area contributed by atoms with Gasteiger partial charge in [0.25, 0.3) is 0 Å². The first-order valence-corrected chi connectivity index (χ1v) is 9.02. The van der Waals surface area contributed by atoms with E-state index >= 15 is 0 Å². The second kappa shape index (κ2) is 6.50. The van der Waals surface area contributed by atoms with Gasteiger partial charge in [-0.1, -0.05) is 22.0 Å². The molecule has 0 spiro atoms. The number of hydrogen-bond donors (Lipinski definition) is 1. The normalized spacial score (nSPS) is 15.7. The van der Waals surface area contributed by atoms with Gasteiger partial charge < -0.3 is 14.8 Å². The summed E-state index contributed by atoms with van der Waals surface area (Å²) in [5.41, 5.74) is 1.84. The molecule has 0 bridgehead atoms. The molecule has 136 valence electrons. The van der Waals surface area contributed by atoms with E-state index in [1.165, 1.54) is 12.1 Å². The van der Waals surface area contributed by atoms with Crippen LogP contribution in [-0.2, 0) is 6.18 Å². The van der Waals surface area contributed by atoms with Crippen molar-refractivity contribution < 1.29 is 13.2 Å². The molecule has 1 aliphatic rings. The van der Waals surface area contributed by atoms with Gasteiger partial charge in [-0.15, -0.1) is 0 Å². The van der Waals surface area contributed by atoms with E-state index in [1.54, 1.807) is 6.07 Å². The van der Waals surface area contributed by atoms with Gasteiger partial charge in [0.15, 0.2) is 0 Å². The zero-order valence-corrected chi connectivity index (χ0v) is 15.3. The molecule has 1 aromatic heterocycles. The average molecular weight is 425 g/mol. The topological polar surface area (TPSA) is 35.2 Å². The standard InChI is InChI=1S/C18H16BrF3N4/c19-13-4-5-15-16(11-13)24-17(23-15)26-8-6-25(7-9-26)14-3-1-2-12(10-14)18(20,21)22/h1-5,10-11H,6-9H2,(H,23,24). The van der Waals surface area contributed by atoms with Crippen LogP contribution in [-0.4, -0.2) is 36.1 Å². The van der Waals surface area contributed by atoms with E-state index in [0.29, 0.717) is 31.9 Å². The molecule has 0 aliphatic carbocycles. The Hall–Kier alpha value is -2.22. The highest BCUT2D eigenvalue weighted by Crippen LogP contribution is 2.32. The largest absolute Gasteiger partial charge is 0.416 e. The van der Waals surface area contributed by atoms with E-state index in [4.69, 9.17) is 0 Å². The van der Waals surface area contributed by atoms with Gasteiger partial charge in [-0.25, -0.2) is 4.98 Å². The van der Waals surface area contributed by atoms with Gasteiger partial charge in [0.1, 0.15) is 0 Å². The number of nitrogens with zero attached hydrogens (tertiary/aromatic N) is 3. The average Bonchev–Trinajstić information content (AvgIpc) is 3.04. The quantitative estimate of drug-likeness (QED) is 0.648. The summed E-state index contributed by atoms with van der Waals surface area (Å²) in [4.78, 5) is 12.0. The number of aromatic nitrogens is 2. The van der Waals surface area contributed by atoms with Crippen molar-refractivity contribution in [2.45, 2.75) is 6.18 Å². The molecule has 1 N–H and O–H groups in total. The van der Waals surface area contributed by atoms with E-state index < -0.39 is 11.7 Å². The Morgan fingerprint density at radius 2 is 1.69 bits per heavy atom. The second-order valence-corrected chi connectivity index (χ2v) is 7.16. The Kier molecular flexibility index (Phi) is 4.30. The van der Waals surface area contributed by atoms with Crippen LogP contribution in [0.5, 0.6) is 0 Å². The highest BCUT2D eigenvalue weighted by Gasteiger charge is 2.31. The van der Waals surface area contributed by atoms with Crippen LogP contribution in [0.2, 0.25) is 0 Å². The molecule has 0 atom stereocenters. The summed E-state index contributed by atoms with van der Waals surface area (Å²) in [5, 5.41) is 0. The number of rotatable bonds is 2. The molecule has 0 unspecified atom stereocenters. The molecule has 2 heterocycles. The van der Waals surface area contributed by atoms with Crippen LogP contribution in [0.4, 0.5) is 24.8 Å². The molecule has 0 amide bonds. The van der Waals surface area contributed by atoms with Crippen molar-refractivity contribution in [3.63, 3.8) is 0 Å². The van der Waals surface area contributed by atoms with E-state index in [9.17, 15) is 13.2 Å². The molecule has 1 aliphatic heterocycles. The van der Waals surface area contributed by atoms with Crippen LogP contribution in [0.1, 0.15) is 5.56 Å². The summed E-state index contributed by atoms with van der Waals surface area (Å²) in [6.45, 7) is 2.67. The Bertz CT molecular complexity index is 930. The van der Waals surface area contributed by atoms with Gasteiger partial charge in [0.2, 0.25) is 5.95 Å². The first-order valence-electron chi connectivity index (χ1n) is 8.22. The summed E-state index contributed by atoms with van der Waals surface area (Å²) >= 11 is 3.44. The molecule has 8 heteroatoms. The molecule has 26 heavy (non-hydrogen) atoms. The van der Waals surface area contributed by atoms with Gasteiger partial charge >= 0.3 is 6.18 Å². The molecule has 1 fully saturated rings. The zero-order valence-electron chi connectivity index (χ0n) is 13.7. The summed E-state index contributed by atoms with van der Waals surface area (Å²) in [6.07, 6.45) is -4.32. The van der Waals surface area contributed by atoms with Crippen LogP contribution < -0.4 is 9.80 Å². The number of imidazole rings is 1. The predicted octanol–water partition coefficient (Wildman–Crippen LogP) is 4.67. The Balaban J connectivity index is 1.48. The minimum atomic E-state index is -4.32. The summed E-state index contributed by atoms with van der Waals surface area (Å²) < 4.78 is 39.7. The van der Waals surface area contributed by atoms with Crippen molar-refractivity contribution in [3.05, 3.63) is 52.5 Å². The lowest BCUT2D eigenvalue weighted by Crippen LogP contribution is -2.47. The van der Waals surface area contributed by atoms with E-state index in [2.05, 4.69) is 30.8 Å². The Morgan fingerprint density at radius 1 is 0.962 bits per heavy atom. The number of benzene rings is 2. The third kappa shape index (κ3) is 3.38. The third-order valence-corrected chi connectivity index (χ3v) is 5.04. The van der Waals surface area contributed by atoms with Crippen LogP contribution in [0.25, 0.3) is 11.0 Å². The number of fused-ring (bicyclic) bond motifs is 1. The van der Waals surface area contributed by atoms with Crippen LogP contribution in [0, 0.1) is 0 Å². The van der Waals surface area contributed by atoms with E-state index in [1.807, 2.05) is 23.1 Å². The summed E-state index contributed by atoms with van der Waals surface area (Å²) in [7, 11) is 0. The van der Waals surface area contributed by atoms with Crippen molar-refractivity contribution in [3.8, 4) is 0 Å². The molecule has 1 saturated heterocycles. The minimum absolute atomic E-state index is 0.605. The van der Waals surface area contributed by atoms with E-state index in [0.717, 1.165) is 27.5 Å². The number of aromatic amines is 1. The fourth-order valence-electron chi connectivity index (χ4n) is 3.17. The maximum Gasteiger partial charge on any atom is 0.416 e. The third-order valence-electron chi connectivity index (χ3n) is 4.55. The number of alkyl halides is 3. The lowest BCUT2D eigenvalue weighted by Gasteiger charge is -2.36. The van der Waals surface area contributed by atoms with E-state index in [-0.39, 0.29) is 0 Å². The van der Waals surface area contributed by atoms with Crippen molar-refractivity contribution in [2.24, 2.45) is 0 Å². The fraction of sp³-hybridized carbons (Fsp3) is 0.278. The van der Waals surface area contributed by atoms with Crippen LogP contribution in [0.3, 0.4) is 0 Å². The first-order chi connectivity index (χ1) is 12.4. The number of hydrogen-bond acceptors (Lipinski definition) is 3. The van der Waals surface area contributed by atoms with Gasteiger partial charge in [-0.05, 0) is 36.4 Å². The van der Waals surface area contributed by atoms with Crippen molar-refractivity contribution >= 4 is 38.6 Å². The molecule has 2 aromatic carbocycles. The molecule has 4 rings (SSSR count). The lowest BCUT2D eigenvalue weighted by molar-refractivity contribution is -0.137. The van der Waals surface area contributed by atoms with Gasteiger partial charge in [0.05, 0.1) is 16.6 Å². The van der Waals surface area contributed by atoms with Crippen LogP contribution in [0.15, 0.2) is 46.9 Å².